The van der Waals surface area contributed by atoms with Gasteiger partial charge in [-0.2, -0.15) is 10.2 Å². The standard InChI is InChI=1S/C7H12N2O2/c1-3-11-7(10)6-4-8-9-5(6)2/h5-6H,3-4H2,1-2H3. The molecule has 0 saturated heterocycles. The van der Waals surface area contributed by atoms with Gasteiger partial charge < -0.3 is 4.74 Å². The average Bonchev–Trinajstić information content (AvgIpc) is 2.36. The maximum Gasteiger partial charge on any atom is 0.313 e. The zero-order chi connectivity index (χ0) is 8.27. The van der Waals surface area contributed by atoms with E-state index in [0.29, 0.717) is 13.2 Å². The Morgan fingerprint density at radius 1 is 1.73 bits per heavy atom. The van der Waals surface area contributed by atoms with Crippen LogP contribution in [-0.2, 0) is 9.53 Å². The van der Waals surface area contributed by atoms with Gasteiger partial charge in [0.2, 0.25) is 0 Å². The van der Waals surface area contributed by atoms with E-state index < -0.39 is 0 Å². The Bertz CT molecular complexity index is 179. The van der Waals surface area contributed by atoms with Gasteiger partial charge in [-0.3, -0.25) is 4.79 Å². The minimum absolute atomic E-state index is 0.00551. The molecule has 2 unspecified atom stereocenters. The van der Waals surface area contributed by atoms with Crippen LogP contribution in [0.2, 0.25) is 0 Å². The van der Waals surface area contributed by atoms with E-state index in [4.69, 9.17) is 4.74 Å². The first-order valence-corrected chi connectivity index (χ1v) is 3.79. The first kappa shape index (κ1) is 8.17. The van der Waals surface area contributed by atoms with E-state index in [9.17, 15) is 4.79 Å². The monoisotopic (exact) mass is 156 g/mol. The molecule has 1 aliphatic heterocycles. The zero-order valence-electron chi connectivity index (χ0n) is 6.78. The van der Waals surface area contributed by atoms with Crippen LogP contribution in [0.15, 0.2) is 10.2 Å². The van der Waals surface area contributed by atoms with Crippen molar-refractivity contribution in [3.05, 3.63) is 0 Å². The number of esters is 1. The van der Waals surface area contributed by atoms with E-state index in [2.05, 4.69) is 10.2 Å². The van der Waals surface area contributed by atoms with Crippen molar-refractivity contribution in [2.75, 3.05) is 13.2 Å². The molecule has 0 aromatic heterocycles. The van der Waals surface area contributed by atoms with E-state index in [1.807, 2.05) is 6.92 Å². The summed E-state index contributed by atoms with van der Waals surface area (Å²) in [7, 11) is 0. The summed E-state index contributed by atoms with van der Waals surface area (Å²) in [4.78, 5) is 11.1. The van der Waals surface area contributed by atoms with Crippen LogP contribution in [0.3, 0.4) is 0 Å². The Labute approximate surface area is 65.6 Å². The highest BCUT2D eigenvalue weighted by atomic mass is 16.5. The van der Waals surface area contributed by atoms with Gasteiger partial charge in [-0.1, -0.05) is 0 Å². The molecule has 1 aliphatic rings. The van der Waals surface area contributed by atoms with Crippen LogP contribution >= 0.6 is 0 Å². The van der Waals surface area contributed by atoms with E-state index in [1.165, 1.54) is 0 Å². The van der Waals surface area contributed by atoms with Gasteiger partial charge >= 0.3 is 5.97 Å². The van der Waals surface area contributed by atoms with E-state index >= 15 is 0 Å². The predicted octanol–water partition coefficient (Wildman–Crippen LogP) is 1.02. The minimum atomic E-state index is -0.176. The lowest BCUT2D eigenvalue weighted by molar-refractivity contribution is -0.147. The molecule has 0 fully saturated rings. The number of ether oxygens (including phenoxy) is 1. The number of azo groups is 1. The molecule has 0 aromatic carbocycles. The number of nitrogens with zero attached hydrogens (tertiary/aromatic N) is 2. The van der Waals surface area contributed by atoms with Crippen LogP contribution in [0.4, 0.5) is 0 Å². The summed E-state index contributed by atoms with van der Waals surface area (Å²) >= 11 is 0. The molecule has 0 aliphatic carbocycles. The van der Waals surface area contributed by atoms with Gasteiger partial charge in [0.15, 0.2) is 0 Å². The molecule has 2 atom stereocenters. The maximum absolute atomic E-state index is 11.1. The fourth-order valence-corrected chi connectivity index (χ4v) is 1.02. The molecule has 0 radical (unpaired) electrons. The summed E-state index contributed by atoms with van der Waals surface area (Å²) < 4.78 is 4.84. The van der Waals surface area contributed by atoms with E-state index in [-0.39, 0.29) is 17.9 Å². The second-order valence-corrected chi connectivity index (χ2v) is 2.54. The minimum Gasteiger partial charge on any atom is -0.466 e. The Morgan fingerprint density at radius 3 is 2.91 bits per heavy atom. The van der Waals surface area contributed by atoms with Crippen molar-refractivity contribution in [1.82, 2.24) is 0 Å². The van der Waals surface area contributed by atoms with Crippen LogP contribution in [0.1, 0.15) is 13.8 Å². The third-order valence-corrected chi connectivity index (χ3v) is 1.71. The topological polar surface area (TPSA) is 51.0 Å². The van der Waals surface area contributed by atoms with Gasteiger partial charge in [0, 0.05) is 0 Å². The highest BCUT2D eigenvalue weighted by Crippen LogP contribution is 2.17. The van der Waals surface area contributed by atoms with Crippen LogP contribution in [0.5, 0.6) is 0 Å². The molecule has 62 valence electrons. The molecule has 0 bridgehead atoms. The van der Waals surface area contributed by atoms with Crippen molar-refractivity contribution in [3.63, 3.8) is 0 Å². The van der Waals surface area contributed by atoms with Crippen LogP contribution in [0.25, 0.3) is 0 Å². The highest BCUT2D eigenvalue weighted by Gasteiger charge is 2.29. The van der Waals surface area contributed by atoms with Crippen molar-refractivity contribution in [2.45, 2.75) is 19.9 Å². The van der Waals surface area contributed by atoms with E-state index in [0.717, 1.165) is 0 Å². The molecule has 0 saturated carbocycles. The smallest absolute Gasteiger partial charge is 0.313 e. The van der Waals surface area contributed by atoms with Crippen molar-refractivity contribution >= 4 is 5.97 Å². The highest BCUT2D eigenvalue weighted by molar-refractivity contribution is 5.73. The summed E-state index contributed by atoms with van der Waals surface area (Å²) in [6, 6.07) is -0.00551. The summed E-state index contributed by atoms with van der Waals surface area (Å²) in [5.41, 5.74) is 0. The van der Waals surface area contributed by atoms with Crippen LogP contribution in [-0.4, -0.2) is 25.2 Å². The van der Waals surface area contributed by atoms with Gasteiger partial charge in [-0.15, -0.1) is 0 Å². The summed E-state index contributed by atoms with van der Waals surface area (Å²) in [5, 5.41) is 7.62. The lowest BCUT2D eigenvalue weighted by Crippen LogP contribution is -2.25. The normalized spacial score (nSPS) is 28.9. The fraction of sp³-hybridized carbons (Fsp3) is 0.857. The first-order chi connectivity index (χ1) is 5.25. The average molecular weight is 156 g/mol. The number of carbonyl (C=O) groups is 1. The van der Waals surface area contributed by atoms with Gasteiger partial charge in [0.1, 0.15) is 5.92 Å². The molecular formula is C7H12N2O2. The Hall–Kier alpha value is -0.930. The quantitative estimate of drug-likeness (QED) is 0.560. The summed E-state index contributed by atoms with van der Waals surface area (Å²) in [6.07, 6.45) is 0. The molecule has 0 aromatic rings. The Morgan fingerprint density at radius 2 is 2.45 bits per heavy atom. The lowest BCUT2D eigenvalue weighted by atomic mass is 10.0. The van der Waals surface area contributed by atoms with Crippen LogP contribution < -0.4 is 0 Å². The third-order valence-electron chi connectivity index (χ3n) is 1.71. The van der Waals surface area contributed by atoms with Crippen molar-refractivity contribution in [2.24, 2.45) is 16.1 Å². The number of hydrogen-bond acceptors (Lipinski definition) is 4. The summed E-state index contributed by atoms with van der Waals surface area (Å²) in [5.74, 6) is -0.319. The SMILES string of the molecule is CCOC(=O)C1CN=NC1C. The third kappa shape index (κ3) is 1.76. The summed E-state index contributed by atoms with van der Waals surface area (Å²) in [6.45, 7) is 4.59. The molecule has 1 heterocycles. The molecule has 4 nitrogen and oxygen atoms in total. The van der Waals surface area contributed by atoms with E-state index in [1.54, 1.807) is 6.92 Å². The Balaban J connectivity index is 2.42. The predicted molar refractivity (Wildman–Crippen MR) is 39.3 cm³/mol. The molecule has 0 amide bonds. The fourth-order valence-electron chi connectivity index (χ4n) is 1.02. The number of carbonyl (C=O) groups excluding carboxylic acids is 1. The van der Waals surface area contributed by atoms with Gasteiger partial charge in [-0.05, 0) is 13.8 Å². The van der Waals surface area contributed by atoms with Crippen molar-refractivity contribution in [1.29, 1.82) is 0 Å². The second kappa shape index (κ2) is 3.46. The zero-order valence-corrected chi connectivity index (χ0v) is 6.78. The number of rotatable bonds is 2. The Kier molecular flexibility index (Phi) is 2.57. The molecular weight excluding hydrogens is 144 g/mol. The lowest BCUT2D eigenvalue weighted by Gasteiger charge is -2.09. The number of hydrogen-bond donors (Lipinski definition) is 0. The molecule has 11 heavy (non-hydrogen) atoms. The maximum atomic E-state index is 11.1. The van der Waals surface area contributed by atoms with Gasteiger partial charge in [0.05, 0.1) is 19.2 Å². The molecule has 4 heteroatoms. The molecule has 1 rings (SSSR count). The van der Waals surface area contributed by atoms with Gasteiger partial charge in [-0.25, -0.2) is 0 Å². The van der Waals surface area contributed by atoms with Crippen LogP contribution in [0, 0.1) is 5.92 Å². The second-order valence-electron chi connectivity index (χ2n) is 2.54. The first-order valence-electron chi connectivity index (χ1n) is 3.79. The van der Waals surface area contributed by atoms with Crippen molar-refractivity contribution < 1.29 is 9.53 Å². The molecule has 0 spiro atoms. The molecule has 0 N–H and O–H groups in total. The largest absolute Gasteiger partial charge is 0.466 e. The van der Waals surface area contributed by atoms with Gasteiger partial charge in [0.25, 0.3) is 0 Å². The van der Waals surface area contributed by atoms with Crippen molar-refractivity contribution in [3.8, 4) is 0 Å².